The summed E-state index contributed by atoms with van der Waals surface area (Å²) in [6.45, 7) is 3.73. The highest BCUT2D eigenvalue weighted by Crippen LogP contribution is 2.28. The third-order valence-electron chi connectivity index (χ3n) is 5.53. The largest absolute Gasteiger partial charge is 0.493 e. The summed E-state index contributed by atoms with van der Waals surface area (Å²) in [5.41, 5.74) is 5.26. The lowest BCUT2D eigenvalue weighted by Crippen LogP contribution is -2.19. The average molecular weight is 548 g/mol. The smallest absolute Gasteiger partial charge is 0.379 e. The van der Waals surface area contributed by atoms with Crippen LogP contribution in [0.15, 0.2) is 93.5 Å². The number of anilines is 1. The van der Waals surface area contributed by atoms with Crippen molar-refractivity contribution in [1.82, 2.24) is 5.43 Å². The summed E-state index contributed by atoms with van der Waals surface area (Å²) in [5, 5.41) is 3.94. The van der Waals surface area contributed by atoms with E-state index in [9.17, 15) is 18.0 Å². The lowest BCUT2D eigenvalue weighted by molar-refractivity contribution is 0.0696. The summed E-state index contributed by atoms with van der Waals surface area (Å²) in [5.74, 6) is -0.804. The first-order chi connectivity index (χ1) is 18.7. The Labute approximate surface area is 225 Å². The minimum Gasteiger partial charge on any atom is -0.493 e. The number of hydrazone groups is 1. The molecule has 4 aromatic rings. The summed E-state index contributed by atoms with van der Waals surface area (Å²) in [7, 11) is -2.51. The molecular formula is C28H25N3O7S. The van der Waals surface area contributed by atoms with E-state index in [1.165, 1.54) is 56.0 Å². The van der Waals surface area contributed by atoms with Gasteiger partial charge < -0.3 is 13.9 Å². The van der Waals surface area contributed by atoms with Crippen molar-refractivity contribution in [2.75, 3.05) is 11.8 Å². The van der Waals surface area contributed by atoms with Crippen molar-refractivity contribution >= 4 is 33.8 Å². The third kappa shape index (κ3) is 6.70. The zero-order chi connectivity index (χ0) is 28.0. The first kappa shape index (κ1) is 27.1. The molecule has 0 aliphatic carbocycles. The Hall–Kier alpha value is -4.90. The lowest BCUT2D eigenvalue weighted by Gasteiger charge is -2.12. The van der Waals surface area contributed by atoms with Crippen LogP contribution in [-0.4, -0.2) is 33.6 Å². The first-order valence-electron chi connectivity index (χ1n) is 11.6. The van der Waals surface area contributed by atoms with Crippen LogP contribution in [0.5, 0.6) is 11.5 Å². The highest BCUT2D eigenvalue weighted by atomic mass is 32.2. The molecule has 4 rings (SSSR count). The molecule has 0 fully saturated rings. The first-order valence-corrected chi connectivity index (χ1v) is 13.1. The molecule has 10 nitrogen and oxygen atoms in total. The lowest BCUT2D eigenvalue weighted by atomic mass is 10.1. The number of rotatable bonds is 9. The number of ether oxygens (including phenoxy) is 2. The highest BCUT2D eigenvalue weighted by Gasteiger charge is 2.18. The molecule has 1 aromatic heterocycles. The van der Waals surface area contributed by atoms with Crippen LogP contribution >= 0.6 is 0 Å². The molecule has 11 heteroatoms. The molecule has 0 bridgehead atoms. The van der Waals surface area contributed by atoms with Crippen molar-refractivity contribution in [3.63, 3.8) is 0 Å². The van der Waals surface area contributed by atoms with Crippen LogP contribution in [0.2, 0.25) is 0 Å². The van der Waals surface area contributed by atoms with E-state index in [4.69, 9.17) is 13.9 Å². The van der Waals surface area contributed by atoms with Crippen molar-refractivity contribution < 1.29 is 31.9 Å². The quantitative estimate of drug-likeness (QED) is 0.134. The number of furan rings is 1. The summed E-state index contributed by atoms with van der Waals surface area (Å²) < 4.78 is 44.0. The van der Waals surface area contributed by atoms with Gasteiger partial charge in [0.15, 0.2) is 11.5 Å². The van der Waals surface area contributed by atoms with Crippen LogP contribution in [0.25, 0.3) is 0 Å². The fraction of sp³-hybridized carbons (Fsp3) is 0.107. The molecular weight excluding hydrogens is 522 g/mol. The maximum absolute atomic E-state index is 12.9. The van der Waals surface area contributed by atoms with Crippen molar-refractivity contribution in [2.24, 2.45) is 5.10 Å². The van der Waals surface area contributed by atoms with Gasteiger partial charge in [0.25, 0.3) is 15.9 Å². The summed E-state index contributed by atoms with van der Waals surface area (Å²) in [6.07, 6.45) is 2.72. The monoisotopic (exact) mass is 547 g/mol. The van der Waals surface area contributed by atoms with E-state index in [1.54, 1.807) is 24.3 Å². The molecule has 0 unspecified atom stereocenters. The maximum atomic E-state index is 12.9. The fourth-order valence-electron chi connectivity index (χ4n) is 3.56. The molecule has 0 aliphatic rings. The molecule has 2 N–H and O–H groups in total. The third-order valence-corrected chi connectivity index (χ3v) is 6.89. The van der Waals surface area contributed by atoms with Crippen LogP contribution < -0.4 is 19.6 Å². The minimum absolute atomic E-state index is 0.0447. The predicted molar refractivity (Wildman–Crippen MR) is 145 cm³/mol. The second kappa shape index (κ2) is 11.7. The van der Waals surface area contributed by atoms with E-state index < -0.39 is 21.9 Å². The molecule has 1 amide bonds. The Morgan fingerprint density at radius 2 is 1.77 bits per heavy atom. The van der Waals surface area contributed by atoms with Gasteiger partial charge in [0.2, 0.25) is 5.76 Å². The number of aryl methyl sites for hydroxylation is 2. The number of benzene rings is 3. The number of nitrogens with zero attached hydrogens (tertiary/aromatic N) is 1. The number of carbonyl (C=O) groups is 2. The normalized spacial score (nSPS) is 11.3. The van der Waals surface area contributed by atoms with Crippen LogP contribution in [0.3, 0.4) is 0 Å². The zero-order valence-electron chi connectivity index (χ0n) is 21.3. The molecule has 0 spiro atoms. The number of amides is 1. The van der Waals surface area contributed by atoms with Gasteiger partial charge in [-0.25, -0.2) is 18.6 Å². The number of hydrogen-bond acceptors (Lipinski definition) is 8. The van der Waals surface area contributed by atoms with Gasteiger partial charge >= 0.3 is 5.97 Å². The average Bonchev–Trinajstić information content (AvgIpc) is 3.46. The number of nitrogens with one attached hydrogen (secondary N) is 2. The summed E-state index contributed by atoms with van der Waals surface area (Å²) in [6, 6.07) is 18.7. The van der Waals surface area contributed by atoms with Gasteiger partial charge in [0.1, 0.15) is 0 Å². The molecule has 0 atom stereocenters. The number of sulfonamides is 1. The van der Waals surface area contributed by atoms with Crippen molar-refractivity contribution in [1.29, 1.82) is 0 Å². The van der Waals surface area contributed by atoms with E-state index in [2.05, 4.69) is 15.2 Å². The summed E-state index contributed by atoms with van der Waals surface area (Å²) >= 11 is 0. The van der Waals surface area contributed by atoms with Gasteiger partial charge in [0.05, 0.1) is 30.2 Å². The van der Waals surface area contributed by atoms with Gasteiger partial charge in [-0.05, 0) is 79.6 Å². The second-order valence-electron chi connectivity index (χ2n) is 8.43. The van der Waals surface area contributed by atoms with Crippen molar-refractivity contribution in [3.05, 3.63) is 107 Å². The Morgan fingerprint density at radius 1 is 0.949 bits per heavy atom. The Kier molecular flexibility index (Phi) is 8.11. The van der Waals surface area contributed by atoms with E-state index >= 15 is 0 Å². The second-order valence-corrected chi connectivity index (χ2v) is 10.1. The van der Waals surface area contributed by atoms with Crippen LogP contribution in [0, 0.1) is 13.8 Å². The standard InChI is InChI=1S/C28H25N3O7S/c1-18-9-11-23(19(2)14-18)31-39(34,35)22-7-4-6-21(16-22)27(32)30-29-17-20-10-12-24(26(15-20)36-3)38-28(33)25-8-5-13-37-25/h4-17,31H,1-3H3,(H,30,32). The predicted octanol–water partition coefficient (Wildman–Crippen LogP) is 4.69. The van der Waals surface area contributed by atoms with Crippen LogP contribution in [0.4, 0.5) is 5.69 Å². The van der Waals surface area contributed by atoms with E-state index in [0.717, 1.165) is 11.1 Å². The van der Waals surface area contributed by atoms with E-state index in [-0.39, 0.29) is 27.7 Å². The van der Waals surface area contributed by atoms with Crippen LogP contribution in [-0.2, 0) is 10.0 Å². The van der Waals surface area contributed by atoms with Gasteiger partial charge in [-0.3, -0.25) is 9.52 Å². The topological polar surface area (TPSA) is 136 Å². The van der Waals surface area contributed by atoms with E-state index in [0.29, 0.717) is 11.3 Å². The Bertz CT molecular complexity index is 1650. The molecule has 1 heterocycles. The number of methoxy groups -OCH3 is 1. The van der Waals surface area contributed by atoms with Gasteiger partial charge in [-0.15, -0.1) is 0 Å². The zero-order valence-corrected chi connectivity index (χ0v) is 22.1. The Morgan fingerprint density at radius 3 is 2.49 bits per heavy atom. The van der Waals surface area contributed by atoms with Gasteiger partial charge in [-0.2, -0.15) is 5.10 Å². The molecule has 200 valence electrons. The van der Waals surface area contributed by atoms with E-state index in [1.807, 2.05) is 26.0 Å². The SMILES string of the molecule is COc1cc(C=NNC(=O)c2cccc(S(=O)(=O)Nc3ccc(C)cc3C)c2)ccc1OC(=O)c1ccco1. The van der Waals surface area contributed by atoms with Crippen molar-refractivity contribution in [3.8, 4) is 11.5 Å². The number of carbonyl (C=O) groups excluding carboxylic acids is 2. The number of esters is 1. The van der Waals surface area contributed by atoms with Gasteiger partial charge in [0, 0.05) is 5.56 Å². The summed E-state index contributed by atoms with van der Waals surface area (Å²) in [4.78, 5) is 24.7. The van der Waals surface area contributed by atoms with Crippen molar-refractivity contribution in [2.45, 2.75) is 18.7 Å². The maximum Gasteiger partial charge on any atom is 0.379 e. The van der Waals surface area contributed by atoms with Gasteiger partial charge in [-0.1, -0.05) is 23.8 Å². The fourth-order valence-corrected chi connectivity index (χ4v) is 4.74. The number of hydrogen-bond donors (Lipinski definition) is 2. The molecule has 39 heavy (non-hydrogen) atoms. The minimum atomic E-state index is -3.93. The molecule has 0 saturated heterocycles. The Balaban J connectivity index is 1.42. The molecule has 3 aromatic carbocycles. The molecule has 0 aliphatic heterocycles. The molecule has 0 saturated carbocycles. The molecule has 0 radical (unpaired) electrons. The highest BCUT2D eigenvalue weighted by molar-refractivity contribution is 7.92. The van der Waals surface area contributed by atoms with Crippen LogP contribution in [0.1, 0.15) is 37.6 Å².